The highest BCUT2D eigenvalue weighted by atomic mass is 15.1. The number of nitrogens with zero attached hydrogens (tertiary/aromatic N) is 1. The highest BCUT2D eigenvalue weighted by Crippen LogP contribution is 2.21. The van der Waals surface area contributed by atoms with Crippen LogP contribution < -0.4 is 10.6 Å². The zero-order valence-corrected chi connectivity index (χ0v) is 13.1. The van der Waals surface area contributed by atoms with Crippen molar-refractivity contribution < 1.29 is 0 Å². The van der Waals surface area contributed by atoms with Crippen molar-refractivity contribution in [2.24, 2.45) is 17.6 Å². The Hall–Kier alpha value is -1.02. The fourth-order valence-corrected chi connectivity index (χ4v) is 1.39. The predicted octanol–water partition coefficient (Wildman–Crippen LogP) is 3.77. The van der Waals surface area contributed by atoms with Crippen molar-refractivity contribution in [3.05, 3.63) is 30.3 Å². The number of para-hydroxylation sites is 1. The molecule has 0 aliphatic carbocycles. The Morgan fingerprint density at radius 2 is 1.33 bits per heavy atom. The number of nitrogens with two attached hydrogens (primary N) is 1. The van der Waals surface area contributed by atoms with E-state index < -0.39 is 0 Å². The highest BCUT2D eigenvalue weighted by Gasteiger charge is 2.26. The zero-order valence-electron chi connectivity index (χ0n) is 13.1. The molecule has 0 bridgehead atoms. The molecular formula is C16H30N2. The monoisotopic (exact) mass is 250 g/mol. The largest absolute Gasteiger partial charge is 0.378 e. The molecule has 0 amide bonds. The van der Waals surface area contributed by atoms with Gasteiger partial charge in [-0.25, -0.2) is 0 Å². The van der Waals surface area contributed by atoms with Crippen molar-refractivity contribution in [2.75, 3.05) is 19.0 Å². The number of anilines is 1. The lowest BCUT2D eigenvalue weighted by atomic mass is 9.80. The van der Waals surface area contributed by atoms with Gasteiger partial charge in [0.2, 0.25) is 0 Å². The molecule has 1 aromatic rings. The van der Waals surface area contributed by atoms with Gasteiger partial charge in [0.25, 0.3) is 0 Å². The first kappa shape index (κ1) is 17.0. The minimum Gasteiger partial charge on any atom is -0.378 e. The van der Waals surface area contributed by atoms with Gasteiger partial charge in [-0.2, -0.15) is 0 Å². The maximum atomic E-state index is 6.00. The standard InChI is InChI=1S/C8H11N.C8H19N/c1-9(2)8-6-4-3-5-7-8;1-6(2)8(5,9)7(3)4/h3-7H,1-2H3;6-7H,9H2,1-5H3. The van der Waals surface area contributed by atoms with Crippen LogP contribution in [0, 0.1) is 11.8 Å². The second kappa shape index (κ2) is 7.42. The Morgan fingerprint density at radius 1 is 0.944 bits per heavy atom. The summed E-state index contributed by atoms with van der Waals surface area (Å²) < 4.78 is 0. The molecule has 2 N–H and O–H groups in total. The zero-order chi connectivity index (χ0) is 14.3. The van der Waals surface area contributed by atoms with E-state index in [0.29, 0.717) is 11.8 Å². The fourth-order valence-electron chi connectivity index (χ4n) is 1.39. The lowest BCUT2D eigenvalue weighted by Gasteiger charge is -2.33. The second-order valence-corrected chi connectivity index (χ2v) is 5.91. The van der Waals surface area contributed by atoms with Crippen molar-refractivity contribution in [1.82, 2.24) is 0 Å². The van der Waals surface area contributed by atoms with Crippen molar-refractivity contribution in [3.63, 3.8) is 0 Å². The minimum atomic E-state index is 0.000000000000000222. The summed E-state index contributed by atoms with van der Waals surface area (Å²) in [5.74, 6) is 1.13. The summed E-state index contributed by atoms with van der Waals surface area (Å²) in [4.78, 5) is 2.08. The van der Waals surface area contributed by atoms with E-state index in [1.165, 1.54) is 5.69 Å². The summed E-state index contributed by atoms with van der Waals surface area (Å²) in [5.41, 5.74) is 7.25. The third-order valence-corrected chi connectivity index (χ3v) is 3.76. The third kappa shape index (κ3) is 5.54. The minimum absolute atomic E-state index is 0.000000000000000222. The molecule has 0 aromatic heterocycles. The van der Waals surface area contributed by atoms with Gasteiger partial charge in [0.1, 0.15) is 0 Å². The van der Waals surface area contributed by atoms with Gasteiger partial charge >= 0.3 is 0 Å². The summed E-state index contributed by atoms with van der Waals surface area (Å²) >= 11 is 0. The molecule has 0 spiro atoms. The van der Waals surface area contributed by atoms with E-state index in [2.05, 4.69) is 51.7 Å². The van der Waals surface area contributed by atoms with Crippen molar-refractivity contribution in [3.8, 4) is 0 Å². The molecule has 1 aromatic carbocycles. The van der Waals surface area contributed by atoms with Crippen LogP contribution >= 0.6 is 0 Å². The predicted molar refractivity (Wildman–Crippen MR) is 83.0 cm³/mol. The first-order valence-corrected chi connectivity index (χ1v) is 6.70. The molecule has 0 saturated carbocycles. The van der Waals surface area contributed by atoms with Crippen LogP contribution in [0.5, 0.6) is 0 Å². The van der Waals surface area contributed by atoms with Gasteiger partial charge in [0, 0.05) is 25.3 Å². The molecule has 0 fully saturated rings. The topological polar surface area (TPSA) is 29.3 Å². The van der Waals surface area contributed by atoms with Gasteiger partial charge in [-0.05, 0) is 30.9 Å². The van der Waals surface area contributed by atoms with Crippen LogP contribution in [0.25, 0.3) is 0 Å². The van der Waals surface area contributed by atoms with Crippen LogP contribution in [-0.4, -0.2) is 19.6 Å². The molecule has 0 heterocycles. The maximum Gasteiger partial charge on any atom is 0.0360 e. The van der Waals surface area contributed by atoms with E-state index >= 15 is 0 Å². The van der Waals surface area contributed by atoms with E-state index in [-0.39, 0.29) is 5.54 Å². The summed E-state index contributed by atoms with van der Waals surface area (Å²) in [7, 11) is 4.07. The first-order valence-electron chi connectivity index (χ1n) is 6.70. The number of hydrogen-bond donors (Lipinski definition) is 1. The molecule has 2 heteroatoms. The first-order chi connectivity index (χ1) is 8.19. The van der Waals surface area contributed by atoms with Gasteiger partial charge in [-0.3, -0.25) is 0 Å². The average Bonchev–Trinajstić information content (AvgIpc) is 2.30. The lowest BCUT2D eigenvalue weighted by molar-refractivity contribution is 0.250. The van der Waals surface area contributed by atoms with Crippen LogP contribution in [-0.2, 0) is 0 Å². The van der Waals surface area contributed by atoms with E-state index in [0.717, 1.165) is 0 Å². The molecule has 1 rings (SSSR count). The summed E-state index contributed by atoms with van der Waals surface area (Å²) in [6, 6.07) is 10.3. The summed E-state index contributed by atoms with van der Waals surface area (Å²) in [6.07, 6.45) is 0. The molecule has 104 valence electrons. The van der Waals surface area contributed by atoms with Gasteiger partial charge < -0.3 is 10.6 Å². The highest BCUT2D eigenvalue weighted by molar-refractivity contribution is 5.43. The van der Waals surface area contributed by atoms with Crippen LogP contribution in [0.15, 0.2) is 30.3 Å². The Bertz CT molecular complexity index is 303. The Balaban J connectivity index is 0.000000321. The van der Waals surface area contributed by atoms with Gasteiger partial charge in [0.15, 0.2) is 0 Å². The Morgan fingerprint density at radius 3 is 1.50 bits per heavy atom. The summed E-state index contributed by atoms with van der Waals surface area (Å²) in [6.45, 7) is 10.8. The Labute approximate surface area is 113 Å². The molecule has 0 unspecified atom stereocenters. The van der Waals surface area contributed by atoms with E-state index in [4.69, 9.17) is 5.73 Å². The Kier molecular flexibility index (Phi) is 7.00. The van der Waals surface area contributed by atoms with Crippen LogP contribution in [0.1, 0.15) is 34.6 Å². The van der Waals surface area contributed by atoms with Crippen LogP contribution in [0.2, 0.25) is 0 Å². The molecular weight excluding hydrogens is 220 g/mol. The van der Waals surface area contributed by atoms with E-state index in [9.17, 15) is 0 Å². The average molecular weight is 250 g/mol. The molecule has 0 aliphatic rings. The summed E-state index contributed by atoms with van der Waals surface area (Å²) in [5, 5.41) is 0. The smallest absolute Gasteiger partial charge is 0.0360 e. The molecule has 0 atom stereocenters. The normalized spacial score (nSPS) is 11.2. The number of hydrogen-bond acceptors (Lipinski definition) is 2. The van der Waals surface area contributed by atoms with Crippen molar-refractivity contribution in [1.29, 1.82) is 0 Å². The van der Waals surface area contributed by atoms with Gasteiger partial charge in [-0.1, -0.05) is 45.9 Å². The van der Waals surface area contributed by atoms with Crippen LogP contribution in [0.3, 0.4) is 0 Å². The molecule has 0 saturated heterocycles. The van der Waals surface area contributed by atoms with Crippen LogP contribution in [0.4, 0.5) is 5.69 Å². The van der Waals surface area contributed by atoms with Crippen molar-refractivity contribution >= 4 is 5.69 Å². The number of rotatable bonds is 3. The van der Waals surface area contributed by atoms with Crippen molar-refractivity contribution in [2.45, 2.75) is 40.2 Å². The fraction of sp³-hybridized carbons (Fsp3) is 0.625. The molecule has 0 aliphatic heterocycles. The third-order valence-electron chi connectivity index (χ3n) is 3.76. The molecule has 2 nitrogen and oxygen atoms in total. The molecule has 18 heavy (non-hydrogen) atoms. The van der Waals surface area contributed by atoms with E-state index in [1.807, 2.05) is 32.3 Å². The maximum absolute atomic E-state index is 6.00. The van der Waals surface area contributed by atoms with Gasteiger partial charge in [0.05, 0.1) is 0 Å². The lowest BCUT2D eigenvalue weighted by Crippen LogP contribution is -2.46. The SMILES string of the molecule is CC(C)C(C)(N)C(C)C.CN(C)c1ccccc1. The van der Waals surface area contributed by atoms with E-state index in [1.54, 1.807) is 0 Å². The van der Waals surface area contributed by atoms with Gasteiger partial charge in [-0.15, -0.1) is 0 Å². The second-order valence-electron chi connectivity index (χ2n) is 5.91. The number of benzene rings is 1. The quantitative estimate of drug-likeness (QED) is 0.885. The molecule has 0 radical (unpaired) electrons.